The van der Waals surface area contributed by atoms with E-state index in [-0.39, 0.29) is 11.9 Å². The van der Waals surface area contributed by atoms with Crippen molar-refractivity contribution < 1.29 is 9.32 Å². The van der Waals surface area contributed by atoms with Gasteiger partial charge >= 0.3 is 0 Å². The van der Waals surface area contributed by atoms with Crippen LogP contribution >= 0.6 is 0 Å². The van der Waals surface area contributed by atoms with E-state index in [0.717, 1.165) is 0 Å². The maximum Gasteiger partial charge on any atom is 0.257 e. The van der Waals surface area contributed by atoms with Gasteiger partial charge in [-0.15, -0.1) is 0 Å². The Labute approximate surface area is 111 Å². The van der Waals surface area contributed by atoms with Crippen LogP contribution in [0.1, 0.15) is 35.7 Å². The number of hydrogen-bond donors (Lipinski definition) is 1. The molecule has 1 atom stereocenters. The third-order valence-corrected chi connectivity index (χ3v) is 2.80. The van der Waals surface area contributed by atoms with Crippen LogP contribution in [0.15, 0.2) is 17.2 Å². The molecule has 1 amide bonds. The molecule has 102 valence electrons. The molecule has 7 nitrogen and oxygen atoms in total. The number of nitrogens with zero attached hydrogens (tertiary/aromatic N) is 4. The van der Waals surface area contributed by atoms with Gasteiger partial charge in [-0.3, -0.25) is 9.48 Å². The van der Waals surface area contributed by atoms with Gasteiger partial charge in [0.2, 0.25) is 0 Å². The van der Waals surface area contributed by atoms with E-state index in [1.165, 1.54) is 6.33 Å². The number of carbonyl (C=O) groups excluding carboxylic acids is 1. The minimum atomic E-state index is -0.164. The molecular weight excluding hydrogens is 246 g/mol. The zero-order chi connectivity index (χ0) is 13.8. The van der Waals surface area contributed by atoms with Crippen LogP contribution in [0, 0.1) is 6.92 Å². The highest BCUT2D eigenvalue weighted by molar-refractivity contribution is 5.96. The summed E-state index contributed by atoms with van der Waals surface area (Å²) in [6.45, 7) is 6.15. The summed E-state index contributed by atoms with van der Waals surface area (Å²) in [5.74, 6) is 0.380. The van der Waals surface area contributed by atoms with Crippen molar-refractivity contribution in [1.82, 2.24) is 25.2 Å². The van der Waals surface area contributed by atoms with E-state index in [0.29, 0.717) is 30.0 Å². The van der Waals surface area contributed by atoms with Crippen LogP contribution in [-0.4, -0.2) is 31.9 Å². The van der Waals surface area contributed by atoms with E-state index in [2.05, 4.69) is 20.6 Å². The predicted octanol–water partition coefficient (Wildman–Crippen LogP) is 0.955. The Morgan fingerprint density at radius 1 is 1.58 bits per heavy atom. The van der Waals surface area contributed by atoms with Crippen LogP contribution in [0.4, 0.5) is 0 Å². The van der Waals surface area contributed by atoms with Crippen molar-refractivity contribution in [3.63, 3.8) is 0 Å². The van der Waals surface area contributed by atoms with E-state index in [1.54, 1.807) is 17.9 Å². The molecular formula is C12H17N5O2. The largest absolute Gasteiger partial charge is 0.361 e. The van der Waals surface area contributed by atoms with Crippen LogP contribution in [0.2, 0.25) is 0 Å². The summed E-state index contributed by atoms with van der Waals surface area (Å²) >= 11 is 0. The topological polar surface area (TPSA) is 85.8 Å². The van der Waals surface area contributed by atoms with E-state index >= 15 is 0 Å². The molecule has 0 spiro atoms. The molecule has 0 bridgehead atoms. The van der Waals surface area contributed by atoms with Crippen LogP contribution < -0.4 is 5.32 Å². The second-order valence-corrected chi connectivity index (χ2v) is 4.41. The first-order valence-corrected chi connectivity index (χ1v) is 6.20. The Bertz CT molecular complexity index is 546. The summed E-state index contributed by atoms with van der Waals surface area (Å²) < 4.78 is 6.73. The quantitative estimate of drug-likeness (QED) is 0.868. The molecule has 0 aromatic carbocycles. The first-order chi connectivity index (χ1) is 9.11. The fraction of sp³-hybridized carbons (Fsp3) is 0.500. The van der Waals surface area contributed by atoms with Crippen LogP contribution in [0.5, 0.6) is 0 Å². The Morgan fingerprint density at radius 3 is 3.00 bits per heavy atom. The Balaban J connectivity index is 2.02. The number of hydrogen-bond acceptors (Lipinski definition) is 5. The molecule has 0 aliphatic heterocycles. The average molecular weight is 263 g/mol. The minimum Gasteiger partial charge on any atom is -0.361 e. The fourth-order valence-corrected chi connectivity index (χ4v) is 1.90. The van der Waals surface area contributed by atoms with Gasteiger partial charge in [0.25, 0.3) is 5.91 Å². The van der Waals surface area contributed by atoms with Gasteiger partial charge in [-0.05, 0) is 20.3 Å². The Kier molecular flexibility index (Phi) is 3.94. The van der Waals surface area contributed by atoms with Crippen molar-refractivity contribution in [1.29, 1.82) is 0 Å². The van der Waals surface area contributed by atoms with Gasteiger partial charge in [0, 0.05) is 6.04 Å². The summed E-state index contributed by atoms with van der Waals surface area (Å²) in [5, 5.41) is 10.8. The molecule has 0 fully saturated rings. The highest BCUT2D eigenvalue weighted by Crippen LogP contribution is 2.13. The average Bonchev–Trinajstić information content (AvgIpc) is 2.98. The minimum absolute atomic E-state index is 0.0618. The molecule has 0 aliphatic carbocycles. The lowest BCUT2D eigenvalue weighted by Gasteiger charge is -2.13. The predicted molar refractivity (Wildman–Crippen MR) is 67.6 cm³/mol. The zero-order valence-corrected chi connectivity index (χ0v) is 11.3. The Morgan fingerprint density at radius 2 is 2.37 bits per heavy atom. The Hall–Kier alpha value is -2.18. The second-order valence-electron chi connectivity index (χ2n) is 4.41. The van der Waals surface area contributed by atoms with Gasteiger partial charge in [0.15, 0.2) is 0 Å². The highest BCUT2D eigenvalue weighted by atomic mass is 16.5. The molecule has 0 radical (unpaired) electrons. The van der Waals surface area contributed by atoms with Gasteiger partial charge in [-0.1, -0.05) is 12.1 Å². The van der Waals surface area contributed by atoms with Gasteiger partial charge in [0.05, 0.1) is 12.2 Å². The number of aryl methyl sites for hydroxylation is 2. The summed E-state index contributed by atoms with van der Waals surface area (Å²) in [6, 6.07) is -0.0618. The van der Waals surface area contributed by atoms with Crippen LogP contribution in [0.25, 0.3) is 0 Å². The van der Waals surface area contributed by atoms with Crippen molar-refractivity contribution in [3.8, 4) is 0 Å². The molecule has 2 aromatic rings. The third-order valence-electron chi connectivity index (χ3n) is 2.80. The highest BCUT2D eigenvalue weighted by Gasteiger charge is 2.20. The van der Waals surface area contributed by atoms with E-state index in [9.17, 15) is 4.79 Å². The van der Waals surface area contributed by atoms with Crippen molar-refractivity contribution >= 4 is 5.91 Å². The monoisotopic (exact) mass is 263 g/mol. The lowest BCUT2D eigenvalue weighted by Crippen LogP contribution is -2.36. The molecule has 7 heteroatoms. The number of carbonyl (C=O) groups is 1. The van der Waals surface area contributed by atoms with E-state index < -0.39 is 0 Å². The molecule has 1 unspecified atom stereocenters. The standard InChI is InChI=1S/C12H17N5O2/c1-4-10-11(9(3)19-16-10)12(18)15-8(2)5-17-7-13-6-14-17/h6-8H,4-5H2,1-3H3,(H,15,18). The lowest BCUT2D eigenvalue weighted by molar-refractivity contribution is 0.0933. The molecule has 1 N–H and O–H groups in total. The maximum atomic E-state index is 12.2. The van der Waals surface area contributed by atoms with Gasteiger partial charge < -0.3 is 9.84 Å². The van der Waals surface area contributed by atoms with E-state index in [4.69, 9.17) is 4.52 Å². The number of nitrogens with one attached hydrogen (secondary N) is 1. The number of aromatic nitrogens is 4. The third kappa shape index (κ3) is 2.98. The van der Waals surface area contributed by atoms with Crippen molar-refractivity contribution in [2.45, 2.75) is 39.8 Å². The fourth-order valence-electron chi connectivity index (χ4n) is 1.90. The molecule has 0 saturated carbocycles. The molecule has 0 aliphatic rings. The van der Waals surface area contributed by atoms with Crippen molar-refractivity contribution in [3.05, 3.63) is 29.7 Å². The van der Waals surface area contributed by atoms with Gasteiger partial charge in [0.1, 0.15) is 24.0 Å². The van der Waals surface area contributed by atoms with Crippen LogP contribution in [-0.2, 0) is 13.0 Å². The molecule has 19 heavy (non-hydrogen) atoms. The summed E-state index contributed by atoms with van der Waals surface area (Å²) in [6.07, 6.45) is 3.75. The van der Waals surface area contributed by atoms with E-state index in [1.807, 2.05) is 13.8 Å². The van der Waals surface area contributed by atoms with Gasteiger partial charge in [-0.25, -0.2) is 4.98 Å². The van der Waals surface area contributed by atoms with Crippen molar-refractivity contribution in [2.75, 3.05) is 0 Å². The number of amides is 1. The smallest absolute Gasteiger partial charge is 0.257 e. The second kappa shape index (κ2) is 5.64. The first-order valence-electron chi connectivity index (χ1n) is 6.20. The zero-order valence-electron chi connectivity index (χ0n) is 11.3. The summed E-state index contributed by atoms with van der Waals surface area (Å²) in [5.41, 5.74) is 1.22. The van der Waals surface area contributed by atoms with Gasteiger partial charge in [-0.2, -0.15) is 5.10 Å². The van der Waals surface area contributed by atoms with Crippen molar-refractivity contribution in [2.24, 2.45) is 0 Å². The summed E-state index contributed by atoms with van der Waals surface area (Å²) in [7, 11) is 0. The maximum absolute atomic E-state index is 12.2. The van der Waals surface area contributed by atoms with Crippen LogP contribution in [0.3, 0.4) is 0 Å². The number of rotatable bonds is 5. The molecule has 2 heterocycles. The molecule has 2 aromatic heterocycles. The lowest BCUT2D eigenvalue weighted by atomic mass is 10.1. The SMILES string of the molecule is CCc1noc(C)c1C(=O)NC(C)Cn1cncn1. The molecule has 2 rings (SSSR count). The first kappa shape index (κ1) is 13.3. The summed E-state index contributed by atoms with van der Waals surface area (Å²) in [4.78, 5) is 16.0. The normalized spacial score (nSPS) is 12.4. The molecule has 0 saturated heterocycles.